The Bertz CT molecular complexity index is 1000. The molecule has 1 saturated heterocycles. The highest BCUT2D eigenvalue weighted by Gasteiger charge is 2.37. The summed E-state index contributed by atoms with van der Waals surface area (Å²) in [6.07, 6.45) is -0.268. The second-order valence-electron chi connectivity index (χ2n) is 7.54. The van der Waals surface area contributed by atoms with Gasteiger partial charge < -0.3 is 14.4 Å². The average molecular weight is 458 g/mol. The first-order valence-corrected chi connectivity index (χ1v) is 10.8. The van der Waals surface area contributed by atoms with Crippen molar-refractivity contribution in [1.29, 1.82) is 0 Å². The number of Topliss-reactive ketones (excluding diaryl/α,β-unsaturated/α-hetero) is 1. The fraction of sp³-hybridized carbons (Fsp3) is 0.333. The van der Waals surface area contributed by atoms with E-state index in [1.807, 2.05) is 6.92 Å². The van der Waals surface area contributed by atoms with E-state index in [2.05, 4.69) is 0 Å². The number of esters is 2. The summed E-state index contributed by atoms with van der Waals surface area (Å²) < 4.78 is 10.4. The van der Waals surface area contributed by atoms with Crippen molar-refractivity contribution in [2.24, 2.45) is 5.92 Å². The van der Waals surface area contributed by atoms with Gasteiger partial charge in [0, 0.05) is 29.2 Å². The molecular weight excluding hydrogens is 434 g/mol. The third kappa shape index (κ3) is 5.53. The number of ether oxygens (including phenoxy) is 2. The molecule has 0 spiro atoms. The van der Waals surface area contributed by atoms with E-state index >= 15 is 0 Å². The molecule has 1 heterocycles. The Morgan fingerprint density at radius 2 is 1.69 bits per heavy atom. The minimum atomic E-state index is -0.985. The second-order valence-corrected chi connectivity index (χ2v) is 7.97. The van der Waals surface area contributed by atoms with Crippen LogP contribution in [-0.4, -0.2) is 42.9 Å². The SMILES string of the molecule is CCCOC(=O)c1ccc(N2CC(C(=O)OC(C)C(=O)c3ccc(Cl)cc3)CC2=O)cc1. The van der Waals surface area contributed by atoms with E-state index in [1.165, 1.54) is 11.8 Å². The fourth-order valence-electron chi connectivity index (χ4n) is 3.34. The van der Waals surface area contributed by atoms with Crippen molar-refractivity contribution in [3.05, 3.63) is 64.7 Å². The van der Waals surface area contributed by atoms with Crippen molar-refractivity contribution in [1.82, 2.24) is 0 Å². The Labute approximate surface area is 191 Å². The van der Waals surface area contributed by atoms with Crippen LogP contribution in [0, 0.1) is 5.92 Å². The van der Waals surface area contributed by atoms with E-state index in [0.717, 1.165) is 6.42 Å². The molecule has 1 fully saturated rings. The Balaban J connectivity index is 1.59. The Morgan fingerprint density at radius 3 is 2.31 bits per heavy atom. The summed E-state index contributed by atoms with van der Waals surface area (Å²) in [6, 6.07) is 12.8. The van der Waals surface area contributed by atoms with Crippen LogP contribution in [0.4, 0.5) is 5.69 Å². The fourth-order valence-corrected chi connectivity index (χ4v) is 3.47. The molecule has 0 aromatic heterocycles. The lowest BCUT2D eigenvalue weighted by Crippen LogP contribution is -2.30. The van der Waals surface area contributed by atoms with Crippen LogP contribution < -0.4 is 4.90 Å². The monoisotopic (exact) mass is 457 g/mol. The average Bonchev–Trinajstić information content (AvgIpc) is 3.19. The van der Waals surface area contributed by atoms with Gasteiger partial charge in [-0.1, -0.05) is 18.5 Å². The lowest BCUT2D eigenvalue weighted by Gasteiger charge is -2.18. The van der Waals surface area contributed by atoms with Gasteiger partial charge in [-0.15, -0.1) is 0 Å². The van der Waals surface area contributed by atoms with Crippen LogP contribution in [0.5, 0.6) is 0 Å². The second kappa shape index (κ2) is 10.4. The van der Waals surface area contributed by atoms with Crippen LogP contribution in [0.15, 0.2) is 48.5 Å². The third-order valence-corrected chi connectivity index (χ3v) is 5.35. The van der Waals surface area contributed by atoms with Gasteiger partial charge >= 0.3 is 11.9 Å². The lowest BCUT2D eigenvalue weighted by atomic mass is 10.1. The van der Waals surface area contributed by atoms with E-state index in [0.29, 0.717) is 28.4 Å². The Hall–Kier alpha value is -3.19. The zero-order valence-corrected chi connectivity index (χ0v) is 18.6. The molecule has 1 aliphatic rings. The number of rotatable bonds is 8. The number of hydrogen-bond donors (Lipinski definition) is 0. The van der Waals surface area contributed by atoms with Gasteiger partial charge in [-0.2, -0.15) is 0 Å². The lowest BCUT2D eigenvalue weighted by molar-refractivity contribution is -0.151. The van der Waals surface area contributed by atoms with Gasteiger partial charge in [0.1, 0.15) is 0 Å². The number of halogens is 1. The molecule has 1 aliphatic heterocycles. The third-order valence-electron chi connectivity index (χ3n) is 5.10. The standard InChI is InChI=1S/C24H24ClNO6/c1-3-12-31-23(29)17-6-10-20(11-7-17)26-14-18(13-21(26)27)24(30)32-15(2)22(28)16-4-8-19(25)9-5-16/h4-11,15,18H,3,12-14H2,1-2H3. The molecule has 0 radical (unpaired) electrons. The number of nitrogens with zero attached hydrogens (tertiary/aromatic N) is 1. The van der Waals surface area contributed by atoms with Gasteiger partial charge in [-0.05, 0) is 61.9 Å². The molecule has 32 heavy (non-hydrogen) atoms. The summed E-state index contributed by atoms with van der Waals surface area (Å²) in [7, 11) is 0. The zero-order valence-electron chi connectivity index (χ0n) is 17.9. The molecule has 1 amide bonds. The van der Waals surface area contributed by atoms with Crippen molar-refractivity contribution < 1.29 is 28.7 Å². The van der Waals surface area contributed by atoms with Gasteiger partial charge in [0.15, 0.2) is 6.10 Å². The molecule has 8 heteroatoms. The largest absolute Gasteiger partial charge is 0.462 e. The maximum absolute atomic E-state index is 12.6. The van der Waals surface area contributed by atoms with Gasteiger partial charge in [0.25, 0.3) is 0 Å². The minimum Gasteiger partial charge on any atom is -0.462 e. The molecule has 0 saturated carbocycles. The minimum absolute atomic E-state index is 0.0129. The van der Waals surface area contributed by atoms with Crippen molar-refractivity contribution in [2.75, 3.05) is 18.1 Å². The zero-order chi connectivity index (χ0) is 23.3. The normalized spacial score (nSPS) is 16.5. The smallest absolute Gasteiger partial charge is 0.338 e. The van der Waals surface area contributed by atoms with Gasteiger partial charge in [-0.3, -0.25) is 14.4 Å². The predicted molar refractivity (Wildman–Crippen MR) is 119 cm³/mol. The number of carbonyl (C=O) groups is 4. The number of ketones is 1. The first-order valence-electron chi connectivity index (χ1n) is 10.4. The Kier molecular flexibility index (Phi) is 7.64. The van der Waals surface area contributed by atoms with Crippen LogP contribution in [-0.2, 0) is 19.1 Å². The van der Waals surface area contributed by atoms with Crippen LogP contribution >= 0.6 is 11.6 Å². The van der Waals surface area contributed by atoms with Gasteiger partial charge in [0.2, 0.25) is 11.7 Å². The maximum Gasteiger partial charge on any atom is 0.338 e. The number of benzene rings is 2. The number of amides is 1. The van der Waals surface area contributed by atoms with Crippen molar-refractivity contribution in [3.63, 3.8) is 0 Å². The first kappa shape index (κ1) is 23.5. The molecule has 2 aromatic carbocycles. The van der Waals surface area contributed by atoms with Crippen LogP contribution in [0.25, 0.3) is 0 Å². The highest BCUT2D eigenvalue weighted by Crippen LogP contribution is 2.27. The summed E-state index contributed by atoms with van der Waals surface area (Å²) in [5.74, 6) is -2.29. The Morgan fingerprint density at radius 1 is 1.06 bits per heavy atom. The molecule has 2 atom stereocenters. The molecule has 168 valence electrons. The number of carbonyl (C=O) groups excluding carboxylic acids is 4. The van der Waals surface area contributed by atoms with Crippen LogP contribution in [0.2, 0.25) is 5.02 Å². The highest BCUT2D eigenvalue weighted by atomic mass is 35.5. The summed E-state index contributed by atoms with van der Waals surface area (Å²) >= 11 is 5.83. The molecule has 0 bridgehead atoms. The van der Waals surface area contributed by atoms with E-state index in [9.17, 15) is 19.2 Å². The molecule has 2 aromatic rings. The summed E-state index contributed by atoms with van der Waals surface area (Å²) in [6.45, 7) is 3.89. The van der Waals surface area contributed by atoms with Gasteiger partial charge in [0.05, 0.1) is 18.1 Å². The molecular formula is C24H24ClNO6. The van der Waals surface area contributed by atoms with Gasteiger partial charge in [-0.25, -0.2) is 4.79 Å². The van der Waals surface area contributed by atoms with Crippen molar-refractivity contribution in [2.45, 2.75) is 32.8 Å². The van der Waals surface area contributed by atoms with Crippen LogP contribution in [0.1, 0.15) is 47.4 Å². The molecule has 0 N–H and O–H groups in total. The number of anilines is 1. The summed E-state index contributed by atoms with van der Waals surface area (Å²) in [5.41, 5.74) is 1.35. The molecule has 0 aliphatic carbocycles. The van der Waals surface area contributed by atoms with E-state index in [1.54, 1.807) is 48.5 Å². The van der Waals surface area contributed by atoms with Crippen molar-refractivity contribution >= 4 is 40.9 Å². The summed E-state index contributed by atoms with van der Waals surface area (Å²) in [4.78, 5) is 50.9. The van der Waals surface area contributed by atoms with Crippen molar-refractivity contribution in [3.8, 4) is 0 Å². The van der Waals surface area contributed by atoms with E-state index in [4.69, 9.17) is 21.1 Å². The first-order chi connectivity index (χ1) is 15.3. The highest BCUT2D eigenvalue weighted by molar-refractivity contribution is 6.30. The summed E-state index contributed by atoms with van der Waals surface area (Å²) in [5, 5.41) is 0.502. The molecule has 7 nitrogen and oxygen atoms in total. The van der Waals surface area contributed by atoms with E-state index < -0.39 is 24.0 Å². The topological polar surface area (TPSA) is 90.0 Å². The number of hydrogen-bond acceptors (Lipinski definition) is 6. The quantitative estimate of drug-likeness (QED) is 0.438. The molecule has 2 unspecified atom stereocenters. The van der Waals surface area contributed by atoms with E-state index in [-0.39, 0.29) is 24.7 Å². The maximum atomic E-state index is 12.6. The van der Waals surface area contributed by atoms with Crippen LogP contribution in [0.3, 0.4) is 0 Å². The predicted octanol–water partition coefficient (Wildman–Crippen LogP) is 4.07. The molecule has 3 rings (SSSR count).